The standard InChI is InChI=1S/C14H22N2O4/c1-18-8-11-3-4-12(9-19-2)15(11)14(17)16-10-5-6-13(7-10)20-16/h5-6,10-13H,3-4,7-9H2,1-2H3/t10-,11-,12-,13+/m1/s1. The number of rotatable bonds is 4. The first kappa shape index (κ1) is 13.9. The smallest absolute Gasteiger partial charge is 0.345 e. The summed E-state index contributed by atoms with van der Waals surface area (Å²) in [6, 6.07) is 0.252. The lowest BCUT2D eigenvalue weighted by molar-refractivity contribution is -0.121. The Morgan fingerprint density at radius 2 is 1.85 bits per heavy atom. The van der Waals surface area contributed by atoms with E-state index in [0.29, 0.717) is 13.2 Å². The van der Waals surface area contributed by atoms with E-state index in [2.05, 4.69) is 6.08 Å². The Bertz CT molecular complexity index is 387. The lowest BCUT2D eigenvalue weighted by atomic mass is 10.2. The van der Waals surface area contributed by atoms with Gasteiger partial charge in [-0.05, 0) is 12.8 Å². The van der Waals surface area contributed by atoms with Crippen LogP contribution in [0.5, 0.6) is 0 Å². The van der Waals surface area contributed by atoms with Crippen molar-refractivity contribution in [3.63, 3.8) is 0 Å². The van der Waals surface area contributed by atoms with Crippen molar-refractivity contribution in [2.24, 2.45) is 0 Å². The monoisotopic (exact) mass is 282 g/mol. The Labute approximate surface area is 119 Å². The number of fused-ring (bicyclic) bond motifs is 2. The zero-order valence-corrected chi connectivity index (χ0v) is 12.0. The molecule has 4 atom stereocenters. The molecule has 20 heavy (non-hydrogen) atoms. The van der Waals surface area contributed by atoms with Crippen LogP contribution in [-0.2, 0) is 14.3 Å². The van der Waals surface area contributed by atoms with Crippen molar-refractivity contribution in [2.45, 2.75) is 43.5 Å². The van der Waals surface area contributed by atoms with Gasteiger partial charge in [0.2, 0.25) is 0 Å². The normalized spacial score (nSPS) is 35.3. The molecular weight excluding hydrogens is 260 g/mol. The fourth-order valence-corrected chi connectivity index (χ4v) is 3.41. The van der Waals surface area contributed by atoms with Crippen molar-refractivity contribution in [3.05, 3.63) is 12.2 Å². The molecular formula is C14H22N2O4. The predicted octanol–water partition coefficient (Wildman–Crippen LogP) is 1.18. The Morgan fingerprint density at radius 1 is 1.20 bits per heavy atom. The predicted molar refractivity (Wildman–Crippen MR) is 72.1 cm³/mol. The van der Waals surface area contributed by atoms with Crippen LogP contribution in [0, 0.1) is 0 Å². The largest absolute Gasteiger partial charge is 0.383 e. The molecule has 0 aromatic carbocycles. The SMILES string of the molecule is COC[C@H]1CC[C@H](COC)N1C(=O)N1O[C@H]2C=C[C@@H]1C2. The topological polar surface area (TPSA) is 51.2 Å². The minimum atomic E-state index is -0.0524. The molecule has 0 aromatic rings. The number of likely N-dealkylation sites (tertiary alicyclic amines) is 1. The average Bonchev–Trinajstić information content (AvgIpc) is 3.14. The Balaban J connectivity index is 1.73. The van der Waals surface area contributed by atoms with E-state index in [0.717, 1.165) is 19.3 Å². The van der Waals surface area contributed by atoms with Gasteiger partial charge in [0.15, 0.2) is 0 Å². The van der Waals surface area contributed by atoms with Crippen LogP contribution >= 0.6 is 0 Å². The fourth-order valence-electron chi connectivity index (χ4n) is 3.41. The highest BCUT2D eigenvalue weighted by Gasteiger charge is 2.45. The summed E-state index contributed by atoms with van der Waals surface area (Å²) in [6.07, 6.45) is 6.92. The van der Waals surface area contributed by atoms with Gasteiger partial charge in [-0.3, -0.25) is 4.84 Å². The summed E-state index contributed by atoms with van der Waals surface area (Å²) in [7, 11) is 3.34. The van der Waals surface area contributed by atoms with Gasteiger partial charge < -0.3 is 14.4 Å². The number of amides is 2. The van der Waals surface area contributed by atoms with Crippen molar-refractivity contribution in [1.29, 1.82) is 0 Å². The van der Waals surface area contributed by atoms with Crippen LogP contribution in [0.1, 0.15) is 19.3 Å². The minimum absolute atomic E-state index is 0.0524. The summed E-state index contributed by atoms with van der Waals surface area (Å²) in [5, 5.41) is 1.53. The number of hydroxylamine groups is 2. The molecule has 3 rings (SSSR count). The van der Waals surface area contributed by atoms with E-state index in [1.54, 1.807) is 14.2 Å². The van der Waals surface area contributed by atoms with Gasteiger partial charge in [-0.15, -0.1) is 0 Å². The number of carbonyl (C=O) groups excluding carboxylic acids is 1. The first-order valence-electron chi connectivity index (χ1n) is 7.19. The van der Waals surface area contributed by atoms with Crippen molar-refractivity contribution < 1.29 is 19.1 Å². The number of hydrogen-bond acceptors (Lipinski definition) is 4. The van der Waals surface area contributed by atoms with Crippen LogP contribution in [0.15, 0.2) is 12.2 Å². The Morgan fingerprint density at radius 3 is 2.30 bits per heavy atom. The van der Waals surface area contributed by atoms with E-state index in [9.17, 15) is 4.79 Å². The number of urea groups is 1. The van der Waals surface area contributed by atoms with Crippen molar-refractivity contribution in [2.75, 3.05) is 27.4 Å². The molecule has 6 heteroatoms. The van der Waals surface area contributed by atoms with Gasteiger partial charge in [0, 0.05) is 20.6 Å². The van der Waals surface area contributed by atoms with Crippen molar-refractivity contribution in [1.82, 2.24) is 9.96 Å². The molecule has 112 valence electrons. The van der Waals surface area contributed by atoms with Gasteiger partial charge in [-0.1, -0.05) is 12.2 Å². The lowest BCUT2D eigenvalue weighted by Crippen LogP contribution is -2.52. The van der Waals surface area contributed by atoms with E-state index < -0.39 is 0 Å². The van der Waals surface area contributed by atoms with Crippen LogP contribution in [0.3, 0.4) is 0 Å². The van der Waals surface area contributed by atoms with Gasteiger partial charge in [0.25, 0.3) is 0 Å². The summed E-state index contributed by atoms with van der Waals surface area (Å²) in [5.41, 5.74) is 0. The van der Waals surface area contributed by atoms with Gasteiger partial charge in [0.1, 0.15) is 6.10 Å². The van der Waals surface area contributed by atoms with E-state index in [-0.39, 0.29) is 30.3 Å². The van der Waals surface area contributed by atoms with Gasteiger partial charge >= 0.3 is 6.03 Å². The maximum Gasteiger partial charge on any atom is 0.345 e. The quantitative estimate of drug-likeness (QED) is 0.727. The maximum absolute atomic E-state index is 12.8. The summed E-state index contributed by atoms with van der Waals surface area (Å²) in [4.78, 5) is 20.3. The first-order valence-corrected chi connectivity index (χ1v) is 7.19. The average molecular weight is 282 g/mol. The molecule has 0 radical (unpaired) electrons. The van der Waals surface area contributed by atoms with Crippen LogP contribution < -0.4 is 0 Å². The summed E-state index contributed by atoms with van der Waals surface area (Å²) in [5.74, 6) is 0. The molecule has 0 spiro atoms. The second-order valence-electron chi connectivity index (χ2n) is 5.64. The second-order valence-corrected chi connectivity index (χ2v) is 5.64. The van der Waals surface area contributed by atoms with Crippen LogP contribution in [0.25, 0.3) is 0 Å². The maximum atomic E-state index is 12.8. The summed E-state index contributed by atoms with van der Waals surface area (Å²) < 4.78 is 10.5. The molecule has 2 aliphatic heterocycles. The van der Waals surface area contributed by atoms with Crippen LogP contribution in [-0.4, -0.2) is 67.7 Å². The summed E-state index contributed by atoms with van der Waals surface area (Å²) >= 11 is 0. The highest BCUT2D eigenvalue weighted by molar-refractivity contribution is 5.75. The highest BCUT2D eigenvalue weighted by Crippen LogP contribution is 2.33. The third kappa shape index (κ3) is 2.32. The zero-order chi connectivity index (χ0) is 14.1. The third-order valence-electron chi connectivity index (χ3n) is 4.32. The molecule has 6 nitrogen and oxygen atoms in total. The lowest BCUT2D eigenvalue weighted by Gasteiger charge is -2.34. The third-order valence-corrected chi connectivity index (χ3v) is 4.32. The number of ether oxygens (including phenoxy) is 2. The number of carbonyl (C=O) groups is 1. The van der Waals surface area contributed by atoms with Gasteiger partial charge in [-0.25, -0.2) is 4.79 Å². The molecule has 3 aliphatic rings. The fraction of sp³-hybridized carbons (Fsp3) is 0.786. The number of nitrogens with zero attached hydrogens (tertiary/aromatic N) is 2. The zero-order valence-electron chi connectivity index (χ0n) is 12.0. The highest BCUT2D eigenvalue weighted by atomic mass is 16.7. The molecule has 0 aromatic heterocycles. The molecule has 0 unspecified atom stereocenters. The van der Waals surface area contributed by atoms with E-state index in [4.69, 9.17) is 14.3 Å². The Hall–Kier alpha value is -1.11. The molecule has 2 amide bonds. The second kappa shape index (κ2) is 5.71. The van der Waals surface area contributed by atoms with E-state index in [1.165, 1.54) is 5.06 Å². The molecule has 2 saturated heterocycles. The number of hydrogen-bond donors (Lipinski definition) is 0. The van der Waals surface area contributed by atoms with Gasteiger partial charge in [0.05, 0.1) is 31.3 Å². The summed E-state index contributed by atoms with van der Waals surface area (Å²) in [6.45, 7) is 1.12. The minimum Gasteiger partial charge on any atom is -0.383 e. The van der Waals surface area contributed by atoms with Crippen LogP contribution in [0.2, 0.25) is 0 Å². The van der Waals surface area contributed by atoms with Crippen LogP contribution in [0.4, 0.5) is 4.79 Å². The molecule has 0 saturated carbocycles. The molecule has 2 fully saturated rings. The molecule has 0 N–H and O–H groups in total. The Kier molecular flexibility index (Phi) is 3.96. The molecule has 2 bridgehead atoms. The molecule has 1 aliphatic carbocycles. The van der Waals surface area contributed by atoms with Gasteiger partial charge in [-0.2, -0.15) is 5.06 Å². The van der Waals surface area contributed by atoms with Crippen molar-refractivity contribution >= 4 is 6.03 Å². The first-order chi connectivity index (χ1) is 9.74. The number of methoxy groups -OCH3 is 2. The van der Waals surface area contributed by atoms with E-state index in [1.807, 2.05) is 11.0 Å². The van der Waals surface area contributed by atoms with Crippen molar-refractivity contribution in [3.8, 4) is 0 Å². The molecule has 2 heterocycles. The van der Waals surface area contributed by atoms with E-state index >= 15 is 0 Å².